The number of amides is 2. The van der Waals surface area contributed by atoms with E-state index in [-0.39, 0.29) is 17.9 Å². The number of rotatable bonds is 6. The molecule has 2 amide bonds. The summed E-state index contributed by atoms with van der Waals surface area (Å²) in [5, 5.41) is 0.553. The van der Waals surface area contributed by atoms with Crippen molar-refractivity contribution in [2.75, 3.05) is 13.7 Å². The van der Waals surface area contributed by atoms with Crippen molar-refractivity contribution in [2.45, 2.75) is 113 Å². The zero-order valence-corrected chi connectivity index (χ0v) is 29.0. The Balaban J connectivity index is 1.20. The van der Waals surface area contributed by atoms with Gasteiger partial charge in [-0.3, -0.25) is 9.59 Å². The van der Waals surface area contributed by atoms with Crippen LogP contribution in [0, 0.1) is 5.41 Å². The van der Waals surface area contributed by atoms with Crippen LogP contribution in [-0.2, 0) is 26.1 Å². The first-order chi connectivity index (χ1) is 23.8. The number of nitrogens with zero attached hydrogens (tertiary/aromatic N) is 2. The molecule has 10 rings (SSSR count). The van der Waals surface area contributed by atoms with Crippen molar-refractivity contribution >= 4 is 32.7 Å². The van der Waals surface area contributed by atoms with Crippen molar-refractivity contribution in [3.05, 3.63) is 65.0 Å². The van der Waals surface area contributed by atoms with Gasteiger partial charge in [0.25, 0.3) is 5.91 Å². The molecule has 3 aliphatic carbocycles. The largest absolute Gasteiger partial charge is 0.497 e. The van der Waals surface area contributed by atoms with Crippen LogP contribution in [0.25, 0.3) is 22.2 Å². The molecule has 2 bridgehead atoms. The number of allylic oxidation sites excluding steroid dienone is 1. The van der Waals surface area contributed by atoms with Gasteiger partial charge in [-0.2, -0.15) is 0 Å². The van der Waals surface area contributed by atoms with Gasteiger partial charge in [-0.05, 0) is 85.9 Å². The van der Waals surface area contributed by atoms with Gasteiger partial charge in [-0.1, -0.05) is 44.6 Å². The second kappa shape index (κ2) is 11.6. The van der Waals surface area contributed by atoms with E-state index in [4.69, 9.17) is 9.47 Å². The number of fused-ring (bicyclic) bond motifs is 10. The van der Waals surface area contributed by atoms with E-state index in [1.807, 2.05) is 29.3 Å². The predicted molar refractivity (Wildman–Crippen MR) is 187 cm³/mol. The first kappa shape index (κ1) is 31.2. The van der Waals surface area contributed by atoms with Gasteiger partial charge in [0.05, 0.1) is 29.5 Å². The zero-order chi connectivity index (χ0) is 33.5. The highest BCUT2D eigenvalue weighted by molar-refractivity contribution is 7.90. The molecular weight excluding hydrogens is 639 g/mol. The summed E-state index contributed by atoms with van der Waals surface area (Å²) in [7, 11) is -2.10. The summed E-state index contributed by atoms with van der Waals surface area (Å²) in [6, 6.07) is 12.0. The first-order valence-electron chi connectivity index (χ1n) is 18.3. The molecule has 7 aliphatic rings. The maximum atomic E-state index is 14.8. The average molecular weight is 684 g/mol. The summed E-state index contributed by atoms with van der Waals surface area (Å²) in [4.78, 5) is 30.5. The van der Waals surface area contributed by atoms with Crippen LogP contribution >= 0.6 is 0 Å². The Morgan fingerprint density at radius 1 is 0.959 bits per heavy atom. The molecule has 3 unspecified atom stereocenters. The Labute approximate surface area is 288 Å². The monoisotopic (exact) mass is 683 g/mol. The number of methoxy groups -OCH3 is 1. The summed E-state index contributed by atoms with van der Waals surface area (Å²) in [5.74, 6) is 1.60. The van der Waals surface area contributed by atoms with Gasteiger partial charge in [-0.25, -0.2) is 13.1 Å². The summed E-state index contributed by atoms with van der Waals surface area (Å²) in [6.45, 7) is 1.03. The topological polar surface area (TPSA) is 107 Å². The lowest BCUT2D eigenvalue weighted by Crippen LogP contribution is -2.49. The maximum absolute atomic E-state index is 14.8. The van der Waals surface area contributed by atoms with Gasteiger partial charge in [0.1, 0.15) is 18.1 Å². The Hall–Kier alpha value is -3.79. The fourth-order valence-electron chi connectivity index (χ4n) is 9.80. The summed E-state index contributed by atoms with van der Waals surface area (Å²) < 4.78 is 42.9. The van der Waals surface area contributed by atoms with E-state index in [0.717, 1.165) is 90.6 Å². The van der Waals surface area contributed by atoms with Crippen molar-refractivity contribution in [3.8, 4) is 17.0 Å². The number of benzene rings is 2. The van der Waals surface area contributed by atoms with E-state index in [1.165, 1.54) is 24.8 Å². The number of hydrogen-bond donors (Lipinski definition) is 1. The molecule has 3 saturated carbocycles. The highest BCUT2D eigenvalue weighted by Crippen LogP contribution is 2.66. The van der Waals surface area contributed by atoms with E-state index in [0.29, 0.717) is 37.5 Å². The minimum Gasteiger partial charge on any atom is -0.497 e. The van der Waals surface area contributed by atoms with Crippen LogP contribution < -0.4 is 9.46 Å². The van der Waals surface area contributed by atoms with Gasteiger partial charge in [0.2, 0.25) is 15.9 Å². The third kappa shape index (κ3) is 5.02. The number of hydrogen-bond acceptors (Lipinski definition) is 6. The van der Waals surface area contributed by atoms with Crippen molar-refractivity contribution < 1.29 is 27.5 Å². The Morgan fingerprint density at radius 3 is 2.43 bits per heavy atom. The molecule has 4 fully saturated rings. The molecule has 258 valence electrons. The number of carbonyl (C=O) groups excluding carboxylic acids is 2. The van der Waals surface area contributed by atoms with Crippen molar-refractivity contribution in [3.63, 3.8) is 0 Å². The summed E-state index contributed by atoms with van der Waals surface area (Å²) in [6.07, 6.45) is 14.1. The number of aromatic nitrogens is 1. The second-order valence-corrected chi connectivity index (χ2v) is 17.3. The summed E-state index contributed by atoms with van der Waals surface area (Å²) >= 11 is 0. The molecule has 3 aromatic rings. The average Bonchev–Trinajstić information content (AvgIpc) is 3.81. The van der Waals surface area contributed by atoms with E-state index in [1.54, 1.807) is 13.2 Å². The molecule has 4 aliphatic heterocycles. The molecular formula is C39H45N3O6S. The number of ether oxygens (including phenoxy) is 2. The zero-order valence-electron chi connectivity index (χ0n) is 28.2. The van der Waals surface area contributed by atoms with Crippen LogP contribution in [0.4, 0.5) is 0 Å². The highest BCUT2D eigenvalue weighted by Gasteiger charge is 2.64. The lowest BCUT2D eigenvalue weighted by Gasteiger charge is -2.40. The van der Waals surface area contributed by atoms with E-state index >= 15 is 0 Å². The molecule has 9 nitrogen and oxygen atoms in total. The Morgan fingerprint density at radius 2 is 1.73 bits per heavy atom. The van der Waals surface area contributed by atoms with Crippen molar-refractivity contribution in [1.29, 1.82) is 0 Å². The molecule has 49 heavy (non-hydrogen) atoms. The van der Waals surface area contributed by atoms with Crippen LogP contribution in [0.5, 0.6) is 5.75 Å². The third-order valence-electron chi connectivity index (χ3n) is 12.5. The molecule has 2 aromatic carbocycles. The van der Waals surface area contributed by atoms with Crippen molar-refractivity contribution in [1.82, 2.24) is 14.2 Å². The molecule has 5 heterocycles. The molecule has 0 spiro atoms. The van der Waals surface area contributed by atoms with Gasteiger partial charge >= 0.3 is 0 Å². The van der Waals surface area contributed by atoms with Crippen LogP contribution in [-0.4, -0.2) is 54.7 Å². The number of sulfonamides is 1. The lowest BCUT2D eigenvalue weighted by molar-refractivity contribution is -0.140. The minimum absolute atomic E-state index is 0.0335. The smallest absolute Gasteiger partial charge is 0.264 e. The Kier molecular flexibility index (Phi) is 7.41. The van der Waals surface area contributed by atoms with Crippen LogP contribution in [0.15, 0.2) is 48.4 Å². The molecule has 0 radical (unpaired) electrons. The molecule has 10 heteroatoms. The van der Waals surface area contributed by atoms with E-state index in [2.05, 4.69) is 21.4 Å². The third-order valence-corrected chi connectivity index (χ3v) is 14.4. The van der Waals surface area contributed by atoms with Crippen LogP contribution in [0.2, 0.25) is 0 Å². The van der Waals surface area contributed by atoms with Crippen molar-refractivity contribution in [2.24, 2.45) is 5.41 Å². The maximum Gasteiger partial charge on any atom is 0.264 e. The SMILES string of the molecule is COc1ccc2c(c1)C1CC1(C(=O)N1C=C3CCC1CO3)Cn1c-2c(C2CCCCC2)c2ccc(C(=O)NS(=O)(=O)C3CCCCC3)cc21. The quantitative estimate of drug-likeness (QED) is 0.297. The predicted octanol–water partition coefficient (Wildman–Crippen LogP) is 7.11. The Bertz CT molecular complexity index is 1990. The first-order valence-corrected chi connectivity index (χ1v) is 19.9. The van der Waals surface area contributed by atoms with E-state index < -0.39 is 26.6 Å². The standard InChI is InChI=1S/C39H45N3O6S/c1-47-27-15-17-30-32(19-27)33-20-39(33,38(44)41-21-28-14-13-26(41)22-48-28)23-42-34-18-25(37(43)40-49(45,46)29-10-6-3-7-11-29)12-16-31(34)35(36(30)42)24-8-4-2-5-9-24/h12,15-19,21,24,26,29,33H,2-11,13-14,20,22-23H2,1H3,(H,40,43). The minimum atomic E-state index is -3.79. The lowest BCUT2D eigenvalue weighted by atomic mass is 9.81. The molecule has 1 aromatic heterocycles. The van der Waals surface area contributed by atoms with Crippen LogP contribution in [0.1, 0.15) is 117 Å². The molecule has 1 saturated heterocycles. The van der Waals surface area contributed by atoms with Crippen LogP contribution in [0.3, 0.4) is 0 Å². The number of carbonyl (C=O) groups is 2. The van der Waals surface area contributed by atoms with Gasteiger partial charge in [0, 0.05) is 47.1 Å². The fourth-order valence-corrected chi connectivity index (χ4v) is 11.3. The second-order valence-electron chi connectivity index (χ2n) is 15.3. The van der Waals surface area contributed by atoms with E-state index in [9.17, 15) is 18.0 Å². The number of nitrogens with one attached hydrogen (secondary N) is 1. The summed E-state index contributed by atoms with van der Waals surface area (Å²) in [5.41, 5.74) is 5.26. The van der Waals surface area contributed by atoms with Gasteiger partial charge < -0.3 is 18.9 Å². The molecule has 3 atom stereocenters. The highest BCUT2D eigenvalue weighted by atomic mass is 32.2. The van der Waals surface area contributed by atoms with Gasteiger partial charge in [0.15, 0.2) is 0 Å². The fraction of sp³-hybridized carbons (Fsp3) is 0.538. The normalized spacial score (nSPS) is 26.6. The molecule has 1 N–H and O–H groups in total. The van der Waals surface area contributed by atoms with Gasteiger partial charge in [-0.15, -0.1) is 0 Å².